The number of halogens is 1. The summed E-state index contributed by atoms with van der Waals surface area (Å²) in [5.41, 5.74) is 1.06. The second-order valence-electron chi connectivity index (χ2n) is 4.22. The molecule has 2 unspecified atom stereocenters. The van der Waals surface area contributed by atoms with Gasteiger partial charge in [0.15, 0.2) is 0 Å². The summed E-state index contributed by atoms with van der Waals surface area (Å²) in [6.07, 6.45) is 3.25. The zero-order chi connectivity index (χ0) is 12.3. The Kier molecular flexibility index (Phi) is 3.80. The molecule has 0 saturated heterocycles. The molecule has 2 atom stereocenters. The average Bonchev–Trinajstić information content (AvgIpc) is 2.75. The smallest absolute Gasteiger partial charge is 0.251 e. The number of nitrogens with zero attached hydrogens (tertiary/aromatic N) is 1. The maximum absolute atomic E-state index is 12.0. The van der Waals surface area contributed by atoms with Gasteiger partial charge in [0.25, 0.3) is 5.91 Å². The van der Waals surface area contributed by atoms with E-state index in [1.165, 1.54) is 0 Å². The number of benzene rings is 1. The number of carbonyl (C=O) groups excluding carboxylic acids is 1. The van der Waals surface area contributed by atoms with Crippen molar-refractivity contribution in [3.63, 3.8) is 0 Å². The second kappa shape index (κ2) is 5.33. The average molecular weight is 293 g/mol. The highest BCUT2D eigenvalue weighted by Gasteiger charge is 2.26. The molecule has 88 valence electrons. The van der Waals surface area contributed by atoms with E-state index in [9.17, 15) is 4.79 Å². The molecule has 1 aromatic rings. The molecule has 0 aromatic heterocycles. The van der Waals surface area contributed by atoms with Crippen molar-refractivity contribution in [1.82, 2.24) is 5.32 Å². The van der Waals surface area contributed by atoms with Gasteiger partial charge in [-0.1, -0.05) is 28.4 Å². The molecule has 0 radical (unpaired) electrons. The van der Waals surface area contributed by atoms with Crippen LogP contribution in [0.5, 0.6) is 0 Å². The summed E-state index contributed by atoms with van der Waals surface area (Å²) in [7, 11) is 0. The molecule has 3 nitrogen and oxygen atoms in total. The Morgan fingerprint density at radius 2 is 2.29 bits per heavy atom. The first-order chi connectivity index (χ1) is 8.20. The summed E-state index contributed by atoms with van der Waals surface area (Å²) in [4.78, 5) is 12.3. The van der Waals surface area contributed by atoms with Crippen molar-refractivity contribution < 1.29 is 4.79 Å². The molecular weight excluding hydrogens is 280 g/mol. The maximum atomic E-state index is 12.0. The summed E-state index contributed by atoms with van der Waals surface area (Å²) >= 11 is 3.57. The van der Waals surface area contributed by atoms with Crippen LogP contribution in [0, 0.1) is 11.3 Å². The van der Waals surface area contributed by atoms with Gasteiger partial charge < -0.3 is 5.32 Å². The van der Waals surface area contributed by atoms with Gasteiger partial charge in [0.2, 0.25) is 0 Å². The van der Waals surface area contributed by atoms with Gasteiger partial charge in [0.1, 0.15) is 0 Å². The first-order valence-electron chi connectivity index (χ1n) is 5.66. The van der Waals surface area contributed by atoms with Crippen molar-refractivity contribution in [2.24, 2.45) is 0 Å². The van der Waals surface area contributed by atoms with Crippen LogP contribution in [0.2, 0.25) is 0 Å². The Hall–Kier alpha value is -1.34. The van der Waals surface area contributed by atoms with Crippen LogP contribution in [0.15, 0.2) is 24.3 Å². The quantitative estimate of drug-likeness (QED) is 0.852. The van der Waals surface area contributed by atoms with Crippen LogP contribution in [0.3, 0.4) is 0 Å². The highest BCUT2D eigenvalue weighted by Crippen LogP contribution is 2.25. The van der Waals surface area contributed by atoms with E-state index in [0.29, 0.717) is 16.0 Å². The molecule has 4 heteroatoms. The lowest BCUT2D eigenvalue weighted by Gasteiger charge is -2.16. The fourth-order valence-electron chi connectivity index (χ4n) is 2.06. The predicted octanol–water partition coefficient (Wildman–Crippen LogP) is 2.60. The van der Waals surface area contributed by atoms with Crippen LogP contribution in [0.1, 0.15) is 35.2 Å². The normalized spacial score (nSPS) is 23.1. The van der Waals surface area contributed by atoms with Crippen LogP contribution in [0.4, 0.5) is 0 Å². The highest BCUT2D eigenvalue weighted by molar-refractivity contribution is 9.09. The van der Waals surface area contributed by atoms with Crippen LogP contribution >= 0.6 is 15.9 Å². The molecule has 2 rings (SSSR count). The summed E-state index contributed by atoms with van der Waals surface area (Å²) < 4.78 is 0. The van der Waals surface area contributed by atoms with Crippen molar-refractivity contribution in [1.29, 1.82) is 5.26 Å². The molecule has 0 aliphatic heterocycles. The van der Waals surface area contributed by atoms with E-state index in [4.69, 9.17) is 5.26 Å². The largest absolute Gasteiger partial charge is 0.348 e. The Morgan fingerprint density at radius 3 is 2.94 bits per heavy atom. The summed E-state index contributed by atoms with van der Waals surface area (Å²) in [6.45, 7) is 0. The SMILES string of the molecule is N#Cc1cccc(C(=O)NC2CCCC2Br)c1. The summed E-state index contributed by atoms with van der Waals surface area (Å²) in [6, 6.07) is 9.01. The second-order valence-corrected chi connectivity index (χ2v) is 5.40. The first-order valence-corrected chi connectivity index (χ1v) is 6.57. The molecule has 1 fully saturated rings. The third kappa shape index (κ3) is 2.86. The fraction of sp³-hybridized carbons (Fsp3) is 0.385. The van der Waals surface area contributed by atoms with Crippen LogP contribution in [-0.4, -0.2) is 16.8 Å². The lowest BCUT2D eigenvalue weighted by molar-refractivity contribution is 0.0939. The monoisotopic (exact) mass is 292 g/mol. The zero-order valence-corrected chi connectivity index (χ0v) is 10.9. The Morgan fingerprint density at radius 1 is 1.47 bits per heavy atom. The van der Waals surface area contributed by atoms with Crippen molar-refractivity contribution in [3.05, 3.63) is 35.4 Å². The van der Waals surface area contributed by atoms with E-state index >= 15 is 0 Å². The van der Waals surface area contributed by atoms with E-state index in [-0.39, 0.29) is 11.9 Å². The standard InChI is InChI=1S/C13H13BrN2O/c14-11-5-2-6-12(11)16-13(17)10-4-1-3-9(7-10)8-15/h1,3-4,7,11-12H,2,5-6H2,(H,16,17). The van der Waals surface area contributed by atoms with Crippen LogP contribution in [-0.2, 0) is 0 Å². The molecule has 0 spiro atoms. The minimum absolute atomic E-state index is 0.0987. The Balaban J connectivity index is 2.07. The highest BCUT2D eigenvalue weighted by atomic mass is 79.9. The van der Waals surface area contributed by atoms with Crippen molar-refractivity contribution in [2.45, 2.75) is 30.1 Å². The number of carbonyl (C=O) groups is 1. The fourth-order valence-corrected chi connectivity index (χ4v) is 2.78. The maximum Gasteiger partial charge on any atom is 0.251 e. The first kappa shape index (κ1) is 12.1. The van der Waals surface area contributed by atoms with E-state index < -0.39 is 0 Å². The number of nitriles is 1. The van der Waals surface area contributed by atoms with Gasteiger partial charge in [0, 0.05) is 16.4 Å². The third-order valence-electron chi connectivity index (χ3n) is 3.00. The van der Waals surface area contributed by atoms with Gasteiger partial charge >= 0.3 is 0 Å². The topological polar surface area (TPSA) is 52.9 Å². The zero-order valence-electron chi connectivity index (χ0n) is 9.32. The molecule has 1 amide bonds. The lowest BCUT2D eigenvalue weighted by Crippen LogP contribution is -2.37. The van der Waals surface area contributed by atoms with Gasteiger partial charge in [-0.3, -0.25) is 4.79 Å². The van der Waals surface area contributed by atoms with E-state index in [1.54, 1.807) is 24.3 Å². The molecule has 1 N–H and O–H groups in total. The molecule has 1 aromatic carbocycles. The number of amides is 1. The van der Waals surface area contributed by atoms with Crippen LogP contribution < -0.4 is 5.32 Å². The molecule has 0 heterocycles. The van der Waals surface area contributed by atoms with Crippen molar-refractivity contribution in [3.8, 4) is 6.07 Å². The number of rotatable bonds is 2. The number of nitrogens with one attached hydrogen (secondary N) is 1. The number of hydrogen-bond acceptors (Lipinski definition) is 2. The lowest BCUT2D eigenvalue weighted by atomic mass is 10.1. The molecule has 1 aliphatic rings. The molecular formula is C13H13BrN2O. The Bertz CT molecular complexity index is 467. The molecule has 1 saturated carbocycles. The predicted molar refractivity (Wildman–Crippen MR) is 69.0 cm³/mol. The minimum atomic E-state index is -0.0987. The van der Waals surface area contributed by atoms with E-state index in [1.807, 2.05) is 6.07 Å². The third-order valence-corrected chi connectivity index (χ3v) is 4.10. The van der Waals surface area contributed by atoms with Gasteiger partial charge in [-0.2, -0.15) is 5.26 Å². The van der Waals surface area contributed by atoms with Gasteiger partial charge in [-0.05, 0) is 31.0 Å². The van der Waals surface area contributed by atoms with Gasteiger partial charge in [-0.25, -0.2) is 0 Å². The van der Waals surface area contributed by atoms with Crippen molar-refractivity contribution >= 4 is 21.8 Å². The minimum Gasteiger partial charge on any atom is -0.348 e. The Labute approximate surface area is 109 Å². The summed E-state index contributed by atoms with van der Waals surface area (Å²) in [5, 5.41) is 11.8. The van der Waals surface area contributed by atoms with Gasteiger partial charge in [0.05, 0.1) is 11.6 Å². The van der Waals surface area contributed by atoms with Gasteiger partial charge in [-0.15, -0.1) is 0 Å². The number of alkyl halides is 1. The summed E-state index contributed by atoms with van der Waals surface area (Å²) in [5.74, 6) is -0.0987. The molecule has 1 aliphatic carbocycles. The molecule has 17 heavy (non-hydrogen) atoms. The molecule has 0 bridgehead atoms. The van der Waals surface area contributed by atoms with E-state index in [2.05, 4.69) is 21.2 Å². The number of hydrogen-bond donors (Lipinski definition) is 1. The van der Waals surface area contributed by atoms with E-state index in [0.717, 1.165) is 19.3 Å². The van der Waals surface area contributed by atoms with Crippen molar-refractivity contribution in [2.75, 3.05) is 0 Å². The van der Waals surface area contributed by atoms with Crippen LogP contribution in [0.25, 0.3) is 0 Å².